The molecule has 1 N–H and O–H groups in total. The number of hydrogen-bond acceptors (Lipinski definition) is 5. The van der Waals surface area contributed by atoms with Crippen LogP contribution < -0.4 is 51.4 Å². The molecular formula is C9H19KO4S2. The molecule has 0 saturated heterocycles. The van der Waals surface area contributed by atoms with Gasteiger partial charge in [0.1, 0.15) is 0 Å². The van der Waals surface area contributed by atoms with Crippen LogP contribution in [0.3, 0.4) is 0 Å². The van der Waals surface area contributed by atoms with Gasteiger partial charge in [0.25, 0.3) is 0 Å². The third-order valence-electron chi connectivity index (χ3n) is 1.98. The molecule has 16 heavy (non-hydrogen) atoms. The maximum atomic E-state index is 10.3. The Morgan fingerprint density at radius 2 is 2.00 bits per heavy atom. The molecule has 0 heterocycles. The predicted octanol–water partition coefficient (Wildman–Crippen LogP) is -1.93. The Morgan fingerprint density at radius 3 is 2.50 bits per heavy atom. The smallest absolute Gasteiger partial charge is 0.748 e. The maximum absolute atomic E-state index is 10.3. The van der Waals surface area contributed by atoms with Crippen LogP contribution in [0.2, 0.25) is 0 Å². The van der Waals surface area contributed by atoms with E-state index >= 15 is 0 Å². The largest absolute Gasteiger partial charge is 1.00 e. The Labute approximate surface area is 145 Å². The molecule has 4 nitrogen and oxygen atoms in total. The van der Waals surface area contributed by atoms with E-state index in [-0.39, 0.29) is 63.7 Å². The SMILES string of the molecule is CC(CCCCS(=O)(=O)[O-])CSCCO.[K+]. The van der Waals surface area contributed by atoms with Crippen LogP contribution in [0.4, 0.5) is 0 Å². The summed E-state index contributed by atoms with van der Waals surface area (Å²) in [6.45, 7) is 2.29. The Hall–Kier alpha value is 1.86. The molecule has 0 bridgehead atoms. The molecule has 1 atom stereocenters. The van der Waals surface area contributed by atoms with Crippen molar-refractivity contribution in [1.82, 2.24) is 0 Å². The Balaban J connectivity index is 0. The van der Waals surface area contributed by atoms with Crippen LogP contribution in [0.1, 0.15) is 26.2 Å². The van der Waals surface area contributed by atoms with Crippen molar-refractivity contribution >= 4 is 21.9 Å². The van der Waals surface area contributed by atoms with Gasteiger partial charge in [0.15, 0.2) is 0 Å². The minimum atomic E-state index is -4.03. The van der Waals surface area contributed by atoms with Crippen LogP contribution in [0.5, 0.6) is 0 Å². The molecule has 0 amide bonds. The molecule has 1 unspecified atom stereocenters. The first-order chi connectivity index (χ1) is 6.95. The summed E-state index contributed by atoms with van der Waals surface area (Å²) in [7, 11) is -4.03. The maximum Gasteiger partial charge on any atom is 1.00 e. The second-order valence-corrected chi connectivity index (χ2v) is 6.33. The molecule has 0 saturated carbocycles. The third-order valence-corrected chi connectivity index (χ3v) is 4.04. The van der Waals surface area contributed by atoms with Crippen molar-refractivity contribution in [2.45, 2.75) is 26.2 Å². The minimum Gasteiger partial charge on any atom is -0.748 e. The molecule has 0 aromatic heterocycles. The topological polar surface area (TPSA) is 77.4 Å². The van der Waals surface area contributed by atoms with Gasteiger partial charge in [0.2, 0.25) is 0 Å². The zero-order valence-electron chi connectivity index (χ0n) is 10.0. The number of aliphatic hydroxyl groups excluding tert-OH is 1. The molecule has 0 radical (unpaired) electrons. The molecular weight excluding hydrogens is 275 g/mol. The normalized spacial score (nSPS) is 13.2. The summed E-state index contributed by atoms with van der Waals surface area (Å²) in [4.78, 5) is 0. The minimum absolute atomic E-state index is 0. The molecule has 0 aliphatic heterocycles. The Morgan fingerprint density at radius 1 is 1.38 bits per heavy atom. The van der Waals surface area contributed by atoms with Crippen LogP contribution >= 0.6 is 11.8 Å². The van der Waals surface area contributed by atoms with Gasteiger partial charge in [-0.05, 0) is 24.5 Å². The van der Waals surface area contributed by atoms with Crippen LogP contribution in [-0.2, 0) is 10.1 Å². The molecule has 0 rings (SSSR count). The molecule has 0 aromatic carbocycles. The summed E-state index contributed by atoms with van der Waals surface area (Å²) in [5.41, 5.74) is 0. The van der Waals surface area contributed by atoms with Gasteiger partial charge in [0, 0.05) is 11.5 Å². The summed E-state index contributed by atoms with van der Waals surface area (Å²) in [6.07, 6.45) is 2.18. The van der Waals surface area contributed by atoms with E-state index in [1.54, 1.807) is 11.8 Å². The molecule has 7 heteroatoms. The van der Waals surface area contributed by atoms with Crippen molar-refractivity contribution in [2.24, 2.45) is 5.92 Å². The molecule has 0 aromatic rings. The zero-order chi connectivity index (χ0) is 11.7. The molecule has 0 spiro atoms. The zero-order valence-corrected chi connectivity index (χ0v) is 14.8. The predicted molar refractivity (Wildman–Crippen MR) is 62.0 cm³/mol. The number of rotatable bonds is 9. The van der Waals surface area contributed by atoms with Gasteiger partial charge in [-0.15, -0.1) is 0 Å². The van der Waals surface area contributed by atoms with Crippen LogP contribution in [0.15, 0.2) is 0 Å². The first kappa shape index (κ1) is 20.2. The molecule has 92 valence electrons. The van der Waals surface area contributed by atoms with Gasteiger partial charge >= 0.3 is 51.4 Å². The van der Waals surface area contributed by atoms with Crippen molar-refractivity contribution in [3.8, 4) is 0 Å². The van der Waals surface area contributed by atoms with E-state index in [1.165, 1.54) is 0 Å². The van der Waals surface area contributed by atoms with Crippen LogP contribution in [0, 0.1) is 5.92 Å². The van der Waals surface area contributed by atoms with E-state index in [4.69, 9.17) is 5.11 Å². The summed E-state index contributed by atoms with van der Waals surface area (Å²) >= 11 is 1.69. The van der Waals surface area contributed by atoms with E-state index in [0.29, 0.717) is 12.3 Å². The van der Waals surface area contributed by atoms with Crippen molar-refractivity contribution in [3.05, 3.63) is 0 Å². The fourth-order valence-electron chi connectivity index (χ4n) is 1.20. The van der Waals surface area contributed by atoms with Gasteiger partial charge in [-0.2, -0.15) is 11.8 Å². The fourth-order valence-corrected chi connectivity index (χ4v) is 2.63. The number of unbranched alkanes of at least 4 members (excludes halogenated alkanes) is 1. The second-order valence-electron chi connectivity index (χ2n) is 3.66. The average molecular weight is 294 g/mol. The Bertz CT molecular complexity index is 244. The summed E-state index contributed by atoms with van der Waals surface area (Å²) in [6, 6.07) is 0. The standard InChI is InChI=1S/C9H20O4S2.K/c1-9(8-14-6-5-10)4-2-3-7-15(11,12)13;/h9-10H,2-8H2,1H3,(H,11,12,13);/q;+1/p-1. The van der Waals surface area contributed by atoms with E-state index in [9.17, 15) is 13.0 Å². The first-order valence-electron chi connectivity index (χ1n) is 5.08. The van der Waals surface area contributed by atoms with Crippen LogP contribution in [-0.4, -0.2) is 41.9 Å². The van der Waals surface area contributed by atoms with E-state index in [2.05, 4.69) is 6.92 Å². The summed E-state index contributed by atoms with van der Waals surface area (Å²) in [5.74, 6) is 1.99. The van der Waals surface area contributed by atoms with Gasteiger partial charge < -0.3 is 9.66 Å². The molecule has 0 aliphatic rings. The van der Waals surface area contributed by atoms with Crippen molar-refractivity contribution in [2.75, 3.05) is 23.9 Å². The van der Waals surface area contributed by atoms with Crippen molar-refractivity contribution in [3.63, 3.8) is 0 Å². The number of aliphatic hydroxyl groups is 1. The van der Waals surface area contributed by atoms with Gasteiger partial charge in [-0.25, -0.2) is 8.42 Å². The van der Waals surface area contributed by atoms with Crippen molar-refractivity contribution in [1.29, 1.82) is 0 Å². The molecule has 0 fully saturated rings. The number of hydrogen-bond donors (Lipinski definition) is 1. The molecule has 0 aliphatic carbocycles. The fraction of sp³-hybridized carbons (Fsp3) is 1.00. The van der Waals surface area contributed by atoms with Crippen LogP contribution in [0.25, 0.3) is 0 Å². The Kier molecular flexibility index (Phi) is 15.0. The summed E-state index contributed by atoms with van der Waals surface area (Å²) in [5, 5.41) is 8.56. The third kappa shape index (κ3) is 15.9. The van der Waals surface area contributed by atoms with Gasteiger partial charge in [-0.3, -0.25) is 0 Å². The van der Waals surface area contributed by atoms with E-state index in [0.717, 1.165) is 24.3 Å². The average Bonchev–Trinajstić information content (AvgIpc) is 2.11. The quantitative estimate of drug-likeness (QED) is 0.304. The summed E-state index contributed by atoms with van der Waals surface area (Å²) < 4.78 is 30.9. The van der Waals surface area contributed by atoms with Gasteiger partial charge in [0.05, 0.1) is 16.7 Å². The van der Waals surface area contributed by atoms with Gasteiger partial charge in [-0.1, -0.05) is 13.3 Å². The second kappa shape index (κ2) is 11.9. The number of thioether (sulfide) groups is 1. The first-order valence-corrected chi connectivity index (χ1v) is 7.81. The monoisotopic (exact) mass is 294 g/mol. The van der Waals surface area contributed by atoms with E-state index < -0.39 is 10.1 Å². The van der Waals surface area contributed by atoms with Crippen molar-refractivity contribution < 1.29 is 69.5 Å². The van der Waals surface area contributed by atoms with E-state index in [1.807, 2.05) is 0 Å².